The Bertz CT molecular complexity index is 481. The number of carbonyl (C=O) groups excluding carboxylic acids is 1. The average Bonchev–Trinajstić information content (AvgIpc) is 2.46. The Morgan fingerprint density at radius 1 is 1.29 bits per heavy atom. The molecule has 1 aromatic rings. The van der Waals surface area contributed by atoms with Crippen LogP contribution in [-0.4, -0.2) is 40.4 Å². The molecule has 0 aliphatic carbocycles. The van der Waals surface area contributed by atoms with Crippen molar-refractivity contribution in [2.75, 3.05) is 25.0 Å². The summed E-state index contributed by atoms with van der Waals surface area (Å²) in [4.78, 5) is 23.2. The van der Waals surface area contributed by atoms with Crippen LogP contribution >= 0.6 is 0 Å². The second kappa shape index (κ2) is 7.38. The summed E-state index contributed by atoms with van der Waals surface area (Å²) in [6.45, 7) is 8.80. The summed E-state index contributed by atoms with van der Waals surface area (Å²) in [5.41, 5.74) is 1.34. The topological polar surface area (TPSA) is 58.1 Å². The van der Waals surface area contributed by atoms with Crippen molar-refractivity contribution in [3.8, 4) is 0 Å². The van der Waals surface area contributed by atoms with Gasteiger partial charge in [0.25, 0.3) is 5.91 Å². The SMILES string of the molecule is Cc1cc(C(=O)N2CCCCC2)nc(NCCC(C)C)n1. The molecule has 0 unspecified atom stereocenters. The van der Waals surface area contributed by atoms with Gasteiger partial charge < -0.3 is 10.2 Å². The lowest BCUT2D eigenvalue weighted by Crippen LogP contribution is -2.36. The maximum atomic E-state index is 12.5. The summed E-state index contributed by atoms with van der Waals surface area (Å²) in [5.74, 6) is 1.24. The number of nitrogens with zero attached hydrogens (tertiary/aromatic N) is 3. The Kier molecular flexibility index (Phi) is 5.53. The van der Waals surface area contributed by atoms with E-state index in [-0.39, 0.29) is 5.91 Å². The van der Waals surface area contributed by atoms with E-state index in [9.17, 15) is 4.79 Å². The second-order valence-electron chi connectivity index (χ2n) is 6.18. The highest BCUT2D eigenvalue weighted by Crippen LogP contribution is 2.14. The largest absolute Gasteiger partial charge is 0.354 e. The number of nitrogens with one attached hydrogen (secondary N) is 1. The molecule has 2 heterocycles. The fraction of sp³-hybridized carbons (Fsp3) is 0.688. The van der Waals surface area contributed by atoms with Crippen molar-refractivity contribution in [1.29, 1.82) is 0 Å². The van der Waals surface area contributed by atoms with E-state index in [1.54, 1.807) is 6.07 Å². The summed E-state index contributed by atoms with van der Waals surface area (Å²) in [5, 5.41) is 3.22. The third kappa shape index (κ3) is 4.69. The van der Waals surface area contributed by atoms with Gasteiger partial charge in [0.05, 0.1) is 0 Å². The second-order valence-corrected chi connectivity index (χ2v) is 6.18. The van der Waals surface area contributed by atoms with Crippen LogP contribution in [0.4, 0.5) is 5.95 Å². The molecule has 1 N–H and O–H groups in total. The minimum absolute atomic E-state index is 0.0344. The molecule has 1 saturated heterocycles. The van der Waals surface area contributed by atoms with Crippen molar-refractivity contribution < 1.29 is 4.79 Å². The molecule has 1 fully saturated rings. The van der Waals surface area contributed by atoms with Gasteiger partial charge in [-0.2, -0.15) is 0 Å². The third-order valence-electron chi connectivity index (χ3n) is 3.72. The molecule has 2 rings (SSSR count). The third-order valence-corrected chi connectivity index (χ3v) is 3.72. The molecule has 1 aliphatic heterocycles. The predicted octanol–water partition coefficient (Wildman–Crippen LogP) is 2.87. The molecule has 5 nitrogen and oxygen atoms in total. The van der Waals surface area contributed by atoms with Crippen molar-refractivity contribution in [1.82, 2.24) is 14.9 Å². The van der Waals surface area contributed by atoms with Gasteiger partial charge in [-0.25, -0.2) is 9.97 Å². The highest BCUT2D eigenvalue weighted by molar-refractivity contribution is 5.92. The molecular formula is C16H26N4O. The summed E-state index contributed by atoms with van der Waals surface area (Å²) in [6, 6.07) is 1.78. The van der Waals surface area contributed by atoms with Gasteiger partial charge in [0, 0.05) is 25.3 Å². The fourth-order valence-electron chi connectivity index (χ4n) is 2.49. The number of rotatable bonds is 5. The van der Waals surface area contributed by atoms with E-state index >= 15 is 0 Å². The molecular weight excluding hydrogens is 264 g/mol. The number of hydrogen-bond acceptors (Lipinski definition) is 4. The van der Waals surface area contributed by atoms with Gasteiger partial charge in [0.2, 0.25) is 5.95 Å². The van der Waals surface area contributed by atoms with Gasteiger partial charge in [-0.3, -0.25) is 4.79 Å². The zero-order valence-corrected chi connectivity index (χ0v) is 13.4. The standard InChI is InChI=1S/C16H26N4O/c1-12(2)7-8-17-16-18-13(3)11-14(19-16)15(21)20-9-5-4-6-10-20/h11-12H,4-10H2,1-3H3,(H,17,18,19). The molecule has 0 aromatic carbocycles. The molecule has 5 heteroatoms. The zero-order valence-electron chi connectivity index (χ0n) is 13.4. The zero-order chi connectivity index (χ0) is 15.2. The number of carbonyl (C=O) groups is 1. The average molecular weight is 290 g/mol. The Morgan fingerprint density at radius 3 is 2.67 bits per heavy atom. The van der Waals surface area contributed by atoms with E-state index in [1.807, 2.05) is 11.8 Å². The minimum Gasteiger partial charge on any atom is -0.354 e. The number of aromatic nitrogens is 2. The first-order valence-electron chi connectivity index (χ1n) is 7.95. The van der Waals surface area contributed by atoms with Crippen LogP contribution in [0.5, 0.6) is 0 Å². The smallest absolute Gasteiger partial charge is 0.272 e. The van der Waals surface area contributed by atoms with Crippen LogP contribution in [0.2, 0.25) is 0 Å². The van der Waals surface area contributed by atoms with Gasteiger partial charge in [-0.05, 0) is 44.6 Å². The summed E-state index contributed by atoms with van der Waals surface area (Å²) >= 11 is 0. The lowest BCUT2D eigenvalue weighted by Gasteiger charge is -2.26. The first-order valence-corrected chi connectivity index (χ1v) is 7.95. The van der Waals surface area contributed by atoms with E-state index in [0.29, 0.717) is 17.6 Å². The van der Waals surface area contributed by atoms with E-state index in [2.05, 4.69) is 29.1 Å². The Hall–Kier alpha value is -1.65. The minimum atomic E-state index is 0.0344. The van der Waals surface area contributed by atoms with Crippen LogP contribution in [0, 0.1) is 12.8 Å². The van der Waals surface area contributed by atoms with Crippen LogP contribution in [-0.2, 0) is 0 Å². The van der Waals surface area contributed by atoms with E-state index in [1.165, 1.54) is 6.42 Å². The van der Waals surface area contributed by atoms with Crippen LogP contribution in [0.1, 0.15) is 55.7 Å². The maximum Gasteiger partial charge on any atom is 0.272 e. The van der Waals surface area contributed by atoms with Crippen molar-refractivity contribution in [2.45, 2.75) is 46.5 Å². The summed E-state index contributed by atoms with van der Waals surface area (Å²) in [6.07, 6.45) is 4.46. The Labute approximate surface area is 127 Å². The van der Waals surface area contributed by atoms with Crippen LogP contribution in [0.25, 0.3) is 0 Å². The lowest BCUT2D eigenvalue weighted by atomic mass is 10.1. The van der Waals surface area contributed by atoms with Crippen LogP contribution in [0.3, 0.4) is 0 Å². The first kappa shape index (κ1) is 15.7. The lowest BCUT2D eigenvalue weighted by molar-refractivity contribution is 0.0718. The van der Waals surface area contributed by atoms with Crippen molar-refractivity contribution >= 4 is 11.9 Å². The number of amides is 1. The van der Waals surface area contributed by atoms with Crippen molar-refractivity contribution in [2.24, 2.45) is 5.92 Å². The Morgan fingerprint density at radius 2 is 2.00 bits per heavy atom. The van der Waals surface area contributed by atoms with Gasteiger partial charge in [-0.15, -0.1) is 0 Å². The van der Waals surface area contributed by atoms with Crippen molar-refractivity contribution in [3.05, 3.63) is 17.5 Å². The number of hydrogen-bond donors (Lipinski definition) is 1. The predicted molar refractivity (Wildman–Crippen MR) is 84.5 cm³/mol. The number of anilines is 1. The van der Waals surface area contributed by atoms with E-state index in [4.69, 9.17) is 0 Å². The fourth-order valence-corrected chi connectivity index (χ4v) is 2.49. The van der Waals surface area contributed by atoms with Gasteiger partial charge in [-0.1, -0.05) is 13.8 Å². The van der Waals surface area contributed by atoms with Gasteiger partial charge >= 0.3 is 0 Å². The monoisotopic (exact) mass is 290 g/mol. The molecule has 1 aliphatic rings. The number of aryl methyl sites for hydroxylation is 1. The molecule has 21 heavy (non-hydrogen) atoms. The van der Waals surface area contributed by atoms with Crippen LogP contribution < -0.4 is 5.32 Å². The van der Waals surface area contributed by atoms with Crippen molar-refractivity contribution in [3.63, 3.8) is 0 Å². The van der Waals surface area contributed by atoms with Gasteiger partial charge in [0.15, 0.2) is 0 Å². The van der Waals surface area contributed by atoms with E-state index in [0.717, 1.165) is 44.6 Å². The molecule has 0 atom stereocenters. The maximum absolute atomic E-state index is 12.5. The summed E-state index contributed by atoms with van der Waals surface area (Å²) < 4.78 is 0. The molecule has 0 bridgehead atoms. The molecule has 1 aromatic heterocycles. The molecule has 0 spiro atoms. The molecule has 0 radical (unpaired) electrons. The highest BCUT2D eigenvalue weighted by atomic mass is 16.2. The number of piperidine rings is 1. The van der Waals surface area contributed by atoms with Crippen LogP contribution in [0.15, 0.2) is 6.07 Å². The highest BCUT2D eigenvalue weighted by Gasteiger charge is 2.20. The molecule has 0 saturated carbocycles. The first-order chi connectivity index (χ1) is 10.1. The number of likely N-dealkylation sites (tertiary alicyclic amines) is 1. The Balaban J connectivity index is 2.05. The normalized spacial score (nSPS) is 15.3. The quantitative estimate of drug-likeness (QED) is 0.906. The van der Waals surface area contributed by atoms with Gasteiger partial charge in [0.1, 0.15) is 5.69 Å². The summed E-state index contributed by atoms with van der Waals surface area (Å²) in [7, 11) is 0. The molecule has 116 valence electrons. The van der Waals surface area contributed by atoms with E-state index < -0.39 is 0 Å². The molecule has 1 amide bonds.